The number of nitrogens with zero attached hydrogens (tertiary/aromatic N) is 1. The van der Waals surface area contributed by atoms with E-state index in [-0.39, 0.29) is 24.9 Å². The molecule has 1 saturated carbocycles. The van der Waals surface area contributed by atoms with Gasteiger partial charge in [-0.3, -0.25) is 9.59 Å². The van der Waals surface area contributed by atoms with Crippen LogP contribution >= 0.6 is 0 Å². The van der Waals surface area contributed by atoms with Gasteiger partial charge in [0.1, 0.15) is 12.1 Å². The van der Waals surface area contributed by atoms with Crippen LogP contribution in [0.1, 0.15) is 62.5 Å². The quantitative estimate of drug-likeness (QED) is 0.568. The van der Waals surface area contributed by atoms with Crippen LogP contribution in [0.5, 0.6) is 0 Å². The number of carboxylic acids is 1. The maximum atomic E-state index is 13.4. The zero-order valence-electron chi connectivity index (χ0n) is 19.6. The highest BCUT2D eigenvalue weighted by Gasteiger charge is 2.45. The standard InChI is InChI=1S/C27H32N2O5/c1-2-29(17-9-14-24(30)31)25(32)27(15-7-8-16-27)28-26(33)34-18-23-21-12-5-3-10-19(21)20-11-4-6-13-22(20)23/h3-6,10-13,23H,2,7-9,14-18H2,1H3,(H,28,33)(H,30,31). The van der Waals surface area contributed by atoms with E-state index in [4.69, 9.17) is 9.84 Å². The molecular weight excluding hydrogens is 432 g/mol. The molecule has 0 saturated heterocycles. The zero-order valence-corrected chi connectivity index (χ0v) is 19.6. The van der Waals surface area contributed by atoms with Crippen LogP contribution in [0.15, 0.2) is 48.5 Å². The number of nitrogens with one attached hydrogen (secondary N) is 1. The van der Waals surface area contributed by atoms with E-state index in [9.17, 15) is 14.4 Å². The number of hydrogen-bond donors (Lipinski definition) is 2. The lowest BCUT2D eigenvalue weighted by Gasteiger charge is -2.34. The number of benzene rings is 2. The van der Waals surface area contributed by atoms with E-state index in [2.05, 4.69) is 29.6 Å². The van der Waals surface area contributed by atoms with Crippen LogP contribution in [0.25, 0.3) is 11.1 Å². The summed E-state index contributed by atoms with van der Waals surface area (Å²) in [6.45, 7) is 2.89. The third kappa shape index (κ3) is 4.79. The lowest BCUT2D eigenvalue weighted by Crippen LogP contribution is -2.58. The second-order valence-corrected chi connectivity index (χ2v) is 9.12. The van der Waals surface area contributed by atoms with Crippen LogP contribution in [0.4, 0.5) is 4.79 Å². The van der Waals surface area contributed by atoms with Crippen molar-refractivity contribution in [3.8, 4) is 11.1 Å². The Morgan fingerprint density at radius 1 is 1.03 bits per heavy atom. The smallest absolute Gasteiger partial charge is 0.408 e. The Bertz CT molecular complexity index is 1010. The van der Waals surface area contributed by atoms with E-state index in [0.717, 1.165) is 35.1 Å². The van der Waals surface area contributed by atoms with Crippen molar-refractivity contribution >= 4 is 18.0 Å². The molecule has 0 aromatic heterocycles. The molecule has 0 spiro atoms. The Labute approximate surface area is 200 Å². The maximum Gasteiger partial charge on any atom is 0.408 e. The van der Waals surface area contributed by atoms with E-state index in [1.165, 1.54) is 0 Å². The van der Waals surface area contributed by atoms with Crippen molar-refractivity contribution in [1.82, 2.24) is 10.2 Å². The first-order chi connectivity index (χ1) is 16.4. The topological polar surface area (TPSA) is 95.9 Å². The fourth-order valence-electron chi connectivity index (χ4n) is 5.33. The van der Waals surface area contributed by atoms with Crippen molar-refractivity contribution in [3.05, 3.63) is 59.7 Å². The summed E-state index contributed by atoms with van der Waals surface area (Å²) in [5.41, 5.74) is 3.61. The van der Waals surface area contributed by atoms with Crippen LogP contribution in [-0.2, 0) is 14.3 Å². The highest BCUT2D eigenvalue weighted by atomic mass is 16.5. The van der Waals surface area contributed by atoms with Crippen LogP contribution in [0.3, 0.4) is 0 Å². The number of aliphatic carboxylic acids is 1. The molecule has 2 N–H and O–H groups in total. The molecule has 4 rings (SSSR count). The number of carbonyl (C=O) groups is 3. The summed E-state index contributed by atoms with van der Waals surface area (Å²) in [7, 11) is 0. The molecule has 7 heteroatoms. The normalized spacial score (nSPS) is 15.9. The first-order valence-corrected chi connectivity index (χ1v) is 12.1. The Balaban J connectivity index is 1.43. The largest absolute Gasteiger partial charge is 0.481 e. The summed E-state index contributed by atoms with van der Waals surface area (Å²) in [5, 5.41) is 11.8. The second kappa shape index (κ2) is 10.3. The van der Waals surface area contributed by atoms with Crippen LogP contribution in [0.2, 0.25) is 0 Å². The van der Waals surface area contributed by atoms with Gasteiger partial charge in [0.25, 0.3) is 0 Å². The van der Waals surface area contributed by atoms with Gasteiger partial charge in [0.2, 0.25) is 5.91 Å². The molecular formula is C27H32N2O5. The average Bonchev–Trinajstić information content (AvgIpc) is 3.43. The fourth-order valence-corrected chi connectivity index (χ4v) is 5.33. The molecule has 2 aromatic carbocycles. The maximum absolute atomic E-state index is 13.4. The van der Waals surface area contributed by atoms with Crippen LogP contribution < -0.4 is 5.32 Å². The second-order valence-electron chi connectivity index (χ2n) is 9.12. The number of hydrogen-bond acceptors (Lipinski definition) is 4. The number of likely N-dealkylation sites (N-methyl/N-ethyl adjacent to an activating group) is 1. The minimum Gasteiger partial charge on any atom is -0.481 e. The Morgan fingerprint density at radius 3 is 2.18 bits per heavy atom. The molecule has 7 nitrogen and oxygen atoms in total. The molecule has 2 aromatic rings. The molecule has 0 radical (unpaired) electrons. The van der Waals surface area contributed by atoms with Gasteiger partial charge in [-0.2, -0.15) is 0 Å². The van der Waals surface area contributed by atoms with Gasteiger partial charge in [-0.05, 0) is 48.4 Å². The number of alkyl carbamates (subject to hydrolysis) is 1. The van der Waals surface area contributed by atoms with Gasteiger partial charge in [-0.25, -0.2) is 4.79 Å². The van der Waals surface area contributed by atoms with E-state index >= 15 is 0 Å². The third-order valence-corrected chi connectivity index (χ3v) is 7.04. The fraction of sp³-hybridized carbons (Fsp3) is 0.444. The molecule has 2 aliphatic rings. The van der Waals surface area contributed by atoms with Crippen molar-refractivity contribution in [3.63, 3.8) is 0 Å². The van der Waals surface area contributed by atoms with Crippen LogP contribution in [-0.4, -0.2) is 53.2 Å². The molecule has 0 unspecified atom stereocenters. The molecule has 34 heavy (non-hydrogen) atoms. The van der Waals surface area contributed by atoms with E-state index in [0.29, 0.717) is 32.4 Å². The zero-order chi connectivity index (χ0) is 24.1. The molecule has 0 bridgehead atoms. The molecule has 2 amide bonds. The van der Waals surface area contributed by atoms with Crippen molar-refractivity contribution in [2.24, 2.45) is 0 Å². The third-order valence-electron chi connectivity index (χ3n) is 7.04. The summed E-state index contributed by atoms with van der Waals surface area (Å²) in [6, 6.07) is 16.3. The van der Waals surface area contributed by atoms with Crippen LogP contribution in [0, 0.1) is 0 Å². The number of rotatable bonds is 9. The van der Waals surface area contributed by atoms with Gasteiger partial charge in [0.15, 0.2) is 0 Å². The van der Waals surface area contributed by atoms with Gasteiger partial charge >= 0.3 is 12.1 Å². The summed E-state index contributed by atoms with van der Waals surface area (Å²) in [5.74, 6) is -1.07. The minimum absolute atomic E-state index is 0.0105. The predicted molar refractivity (Wildman–Crippen MR) is 129 cm³/mol. The van der Waals surface area contributed by atoms with Gasteiger partial charge in [0, 0.05) is 25.4 Å². The monoisotopic (exact) mass is 464 g/mol. The highest BCUT2D eigenvalue weighted by molar-refractivity contribution is 5.90. The first kappa shape index (κ1) is 23.8. The summed E-state index contributed by atoms with van der Waals surface area (Å²) in [6.07, 6.45) is 2.63. The van der Waals surface area contributed by atoms with E-state index < -0.39 is 17.6 Å². The first-order valence-electron chi connectivity index (χ1n) is 12.1. The van der Waals surface area contributed by atoms with Gasteiger partial charge in [-0.15, -0.1) is 0 Å². The molecule has 0 heterocycles. The minimum atomic E-state index is -0.984. The molecule has 0 atom stereocenters. The number of carboxylic acid groups (broad SMARTS) is 1. The number of amides is 2. The molecule has 180 valence electrons. The molecule has 1 fully saturated rings. The van der Waals surface area contributed by atoms with Gasteiger partial charge in [-0.1, -0.05) is 61.4 Å². The summed E-state index contributed by atoms with van der Waals surface area (Å²) < 4.78 is 5.70. The molecule has 0 aliphatic heterocycles. The number of carbonyl (C=O) groups excluding carboxylic acids is 2. The average molecular weight is 465 g/mol. The Morgan fingerprint density at radius 2 is 1.62 bits per heavy atom. The lowest BCUT2D eigenvalue weighted by molar-refractivity contribution is -0.140. The predicted octanol–water partition coefficient (Wildman–Crippen LogP) is 4.55. The van der Waals surface area contributed by atoms with Crippen molar-refractivity contribution < 1.29 is 24.2 Å². The van der Waals surface area contributed by atoms with Crippen molar-refractivity contribution in [1.29, 1.82) is 0 Å². The molecule has 2 aliphatic carbocycles. The summed E-state index contributed by atoms with van der Waals surface area (Å²) >= 11 is 0. The Kier molecular flexibility index (Phi) is 7.20. The summed E-state index contributed by atoms with van der Waals surface area (Å²) in [4.78, 5) is 38.8. The van der Waals surface area contributed by atoms with E-state index in [1.807, 2.05) is 31.2 Å². The number of fused-ring (bicyclic) bond motifs is 3. The van der Waals surface area contributed by atoms with Crippen molar-refractivity contribution in [2.45, 2.75) is 56.9 Å². The Hall–Kier alpha value is -3.35. The lowest BCUT2D eigenvalue weighted by atomic mass is 9.95. The van der Waals surface area contributed by atoms with E-state index in [1.54, 1.807) is 4.90 Å². The highest BCUT2D eigenvalue weighted by Crippen LogP contribution is 2.44. The SMILES string of the molecule is CCN(CCCC(=O)O)C(=O)C1(NC(=O)OCC2c3ccccc3-c3ccccc32)CCCC1. The van der Waals surface area contributed by atoms with Gasteiger partial charge < -0.3 is 20.1 Å². The number of ether oxygens (including phenoxy) is 1. The van der Waals surface area contributed by atoms with Gasteiger partial charge in [0.05, 0.1) is 0 Å². The van der Waals surface area contributed by atoms with Crippen molar-refractivity contribution in [2.75, 3.05) is 19.7 Å².